The van der Waals surface area contributed by atoms with E-state index >= 15 is 0 Å². The summed E-state index contributed by atoms with van der Waals surface area (Å²) in [4.78, 5) is 0. The predicted octanol–water partition coefficient (Wildman–Crippen LogP) is -2.75. The van der Waals surface area contributed by atoms with Crippen molar-refractivity contribution in [2.24, 2.45) is 0 Å². The molecule has 0 unspecified atom stereocenters. The Balaban J connectivity index is 0. The quantitative estimate of drug-likeness (QED) is 0.347. The Morgan fingerprint density at radius 2 is 1.00 bits per heavy atom. The Kier molecular flexibility index (Phi) is 132. The van der Waals surface area contributed by atoms with Gasteiger partial charge in [0.1, 0.15) is 0 Å². The summed E-state index contributed by atoms with van der Waals surface area (Å²) in [5, 5.41) is 0. The third-order valence-electron chi connectivity index (χ3n) is 0. The van der Waals surface area contributed by atoms with E-state index in [1.54, 1.807) is 0 Å². The van der Waals surface area contributed by atoms with Crippen molar-refractivity contribution in [1.29, 1.82) is 0 Å². The van der Waals surface area contributed by atoms with Gasteiger partial charge in [-0.25, -0.2) is 0 Å². The van der Waals surface area contributed by atoms with Gasteiger partial charge in [-0.2, -0.15) is 0 Å². The number of hydrogen-bond acceptors (Lipinski definition) is 0. The minimum absolute atomic E-state index is 0. The maximum atomic E-state index is 0. The SMILES string of the molecule is [Ag].[AlH3].[LiH].[MgH2]. The van der Waals surface area contributed by atoms with E-state index in [4.69, 9.17) is 0 Å². The van der Waals surface area contributed by atoms with Gasteiger partial charge in [-0.15, -0.1) is 0 Å². The Morgan fingerprint density at radius 3 is 1.00 bits per heavy atom. The average Bonchev–Trinajstić information content (AvgIpc) is 0. The molecule has 0 spiro atoms. The normalized spacial score (nSPS) is 0. The van der Waals surface area contributed by atoms with Crippen molar-refractivity contribution in [3.8, 4) is 0 Å². The van der Waals surface area contributed by atoms with Crippen LogP contribution in [0.15, 0.2) is 0 Å². The van der Waals surface area contributed by atoms with Crippen LogP contribution in [-0.2, 0) is 22.4 Å². The molecule has 0 aromatic rings. The van der Waals surface area contributed by atoms with Crippen LogP contribution in [0.1, 0.15) is 0 Å². The van der Waals surface area contributed by atoms with Gasteiger partial charge in [-0.05, 0) is 0 Å². The molecule has 4 heteroatoms. The van der Waals surface area contributed by atoms with Gasteiger partial charge in [0, 0.05) is 22.4 Å². The third-order valence-corrected chi connectivity index (χ3v) is 0. The molecule has 23 valence electrons. The Morgan fingerprint density at radius 1 is 1.00 bits per heavy atom. The summed E-state index contributed by atoms with van der Waals surface area (Å²) in [7, 11) is 0. The van der Waals surface area contributed by atoms with E-state index in [-0.39, 0.29) is 81.7 Å². The van der Waals surface area contributed by atoms with Crippen molar-refractivity contribution in [2.45, 2.75) is 0 Å². The van der Waals surface area contributed by atoms with Gasteiger partial charge >= 0.3 is 41.9 Å². The van der Waals surface area contributed by atoms with E-state index in [0.717, 1.165) is 0 Å². The van der Waals surface area contributed by atoms with E-state index in [0.29, 0.717) is 0 Å². The van der Waals surface area contributed by atoms with Crippen LogP contribution in [0.3, 0.4) is 0 Å². The smallest absolute Gasteiger partial charge is 0.316 e. The maximum absolute atomic E-state index is 0. The molecule has 4 heavy (non-hydrogen) atoms. The van der Waals surface area contributed by atoms with Crippen LogP contribution in [-0.4, -0.2) is 59.3 Å². The summed E-state index contributed by atoms with van der Waals surface area (Å²) in [6, 6.07) is 0. The van der Waals surface area contributed by atoms with Gasteiger partial charge in [0.2, 0.25) is 0 Å². The Labute approximate surface area is 80.4 Å². The molecule has 0 aliphatic rings. The number of hydrogen-bond donors (Lipinski definition) is 0. The molecular formula is H6AgAlLiMg. The molecule has 0 bridgehead atoms. The topological polar surface area (TPSA) is 0 Å². The van der Waals surface area contributed by atoms with Crippen LogP contribution in [0.2, 0.25) is 0 Å². The van der Waals surface area contributed by atoms with Crippen molar-refractivity contribution in [3.05, 3.63) is 0 Å². The van der Waals surface area contributed by atoms with E-state index in [2.05, 4.69) is 0 Å². The Bertz CT molecular complexity index is 8.00. The summed E-state index contributed by atoms with van der Waals surface area (Å²) in [6.07, 6.45) is 0. The average molecular weight is 172 g/mol. The van der Waals surface area contributed by atoms with Gasteiger partial charge in [-0.1, -0.05) is 0 Å². The molecule has 0 saturated heterocycles. The third kappa shape index (κ3) is 8.82. The molecule has 0 aromatic carbocycles. The van der Waals surface area contributed by atoms with Crippen LogP contribution >= 0.6 is 0 Å². The van der Waals surface area contributed by atoms with Gasteiger partial charge < -0.3 is 0 Å². The molecule has 0 rings (SSSR count). The van der Waals surface area contributed by atoms with Crippen LogP contribution in [0, 0.1) is 0 Å². The zero-order valence-electron chi connectivity index (χ0n) is 0.302. The van der Waals surface area contributed by atoms with Crippen LogP contribution in [0.5, 0.6) is 0 Å². The first-order valence-electron chi connectivity index (χ1n) is 0. The molecular weight excluding hydrogens is 166 g/mol. The summed E-state index contributed by atoms with van der Waals surface area (Å²) in [5.41, 5.74) is 0. The first-order chi connectivity index (χ1) is 0. The Hall–Kier alpha value is 2.64. The van der Waals surface area contributed by atoms with Crippen molar-refractivity contribution in [3.63, 3.8) is 0 Å². The van der Waals surface area contributed by atoms with E-state index in [9.17, 15) is 0 Å². The largest absolute Gasteiger partial charge is 0.316 e. The van der Waals surface area contributed by atoms with E-state index in [1.165, 1.54) is 0 Å². The molecule has 0 heterocycles. The number of rotatable bonds is 0. The molecule has 0 amide bonds. The summed E-state index contributed by atoms with van der Waals surface area (Å²) in [6.45, 7) is 0. The molecule has 0 fully saturated rings. The fraction of sp³-hybridized carbons (Fsp3) is 0. The van der Waals surface area contributed by atoms with Gasteiger partial charge in [0.05, 0.1) is 0 Å². The fourth-order valence-electron chi connectivity index (χ4n) is 0. The molecule has 0 N–H and O–H groups in total. The monoisotopic (exact) mass is 171 g/mol. The second-order valence-corrected chi connectivity index (χ2v) is 0. The summed E-state index contributed by atoms with van der Waals surface area (Å²) < 4.78 is 0. The van der Waals surface area contributed by atoms with Crippen LogP contribution < -0.4 is 0 Å². The zero-order valence-corrected chi connectivity index (χ0v) is 1.78. The van der Waals surface area contributed by atoms with E-state index in [1.807, 2.05) is 0 Å². The first-order valence-corrected chi connectivity index (χ1v) is 0. The van der Waals surface area contributed by atoms with Gasteiger partial charge in [-0.3, -0.25) is 0 Å². The minimum Gasteiger partial charge on any atom is 0.316 e. The molecule has 0 nitrogen and oxygen atoms in total. The second kappa shape index (κ2) is 17.4. The molecule has 0 aromatic heterocycles. The first kappa shape index (κ1) is 30.3. The van der Waals surface area contributed by atoms with Gasteiger partial charge in [0.25, 0.3) is 0 Å². The minimum atomic E-state index is 0. The van der Waals surface area contributed by atoms with Crippen molar-refractivity contribution >= 4 is 59.3 Å². The second-order valence-electron chi connectivity index (χ2n) is 0. The molecule has 1 radical (unpaired) electrons. The predicted molar refractivity (Wildman–Crippen MR) is 25.6 cm³/mol. The van der Waals surface area contributed by atoms with Crippen LogP contribution in [0.25, 0.3) is 0 Å². The van der Waals surface area contributed by atoms with Crippen molar-refractivity contribution < 1.29 is 22.4 Å². The maximum Gasteiger partial charge on any atom is 0.316 e. The summed E-state index contributed by atoms with van der Waals surface area (Å²) >= 11 is 0. The fourth-order valence-corrected chi connectivity index (χ4v) is 0. The van der Waals surface area contributed by atoms with E-state index < -0.39 is 0 Å². The molecule has 0 aliphatic carbocycles. The van der Waals surface area contributed by atoms with Crippen molar-refractivity contribution in [2.75, 3.05) is 0 Å². The van der Waals surface area contributed by atoms with Gasteiger partial charge in [0.15, 0.2) is 17.4 Å². The van der Waals surface area contributed by atoms with Crippen molar-refractivity contribution in [1.82, 2.24) is 0 Å². The molecule has 0 saturated carbocycles. The molecule has 0 atom stereocenters. The zero-order chi connectivity index (χ0) is 0. The van der Waals surface area contributed by atoms with Crippen LogP contribution in [0.4, 0.5) is 0 Å². The molecule has 0 aliphatic heterocycles. The standard InChI is InChI=1S/Ag.Al.Li.Mg.6H. The summed E-state index contributed by atoms with van der Waals surface area (Å²) in [5.74, 6) is 0.